The van der Waals surface area contributed by atoms with Crippen molar-refractivity contribution in [3.8, 4) is 11.1 Å². The number of hydrogen-bond donors (Lipinski definition) is 4. The minimum Gasteiger partial charge on any atom is -0.444 e. The van der Waals surface area contributed by atoms with E-state index in [2.05, 4.69) is 20.3 Å². The van der Waals surface area contributed by atoms with Gasteiger partial charge in [0.2, 0.25) is 0 Å². The van der Waals surface area contributed by atoms with Gasteiger partial charge in [-0.2, -0.15) is 0 Å². The van der Waals surface area contributed by atoms with E-state index in [1.807, 2.05) is 36.4 Å². The zero-order valence-corrected chi connectivity index (χ0v) is 15.7. The van der Waals surface area contributed by atoms with Crippen molar-refractivity contribution in [2.75, 3.05) is 5.32 Å². The number of nitrogens with zero attached hydrogens (tertiary/aromatic N) is 1. The van der Waals surface area contributed by atoms with Crippen molar-refractivity contribution in [3.05, 3.63) is 82.3 Å². The van der Waals surface area contributed by atoms with Crippen molar-refractivity contribution in [1.82, 2.24) is 15.0 Å². The second-order valence-corrected chi connectivity index (χ2v) is 7.02. The van der Waals surface area contributed by atoms with E-state index in [0.29, 0.717) is 16.1 Å². The molecule has 0 aliphatic rings. The van der Waals surface area contributed by atoms with Crippen molar-refractivity contribution >= 4 is 39.2 Å². The number of nitrogens with one attached hydrogen (secondary N) is 3. The Morgan fingerprint density at radius 2 is 1.93 bits per heavy atom. The number of halogens is 1. The lowest BCUT2D eigenvalue weighted by Crippen LogP contribution is -2.19. The molecule has 0 aliphatic heterocycles. The van der Waals surface area contributed by atoms with E-state index in [4.69, 9.17) is 16.0 Å². The summed E-state index contributed by atoms with van der Waals surface area (Å²) < 4.78 is 5.14. The lowest BCUT2D eigenvalue weighted by molar-refractivity contribution is 0.178. The van der Waals surface area contributed by atoms with Crippen molar-refractivity contribution in [2.24, 2.45) is 0 Å². The number of hydrogen-bond acceptors (Lipinski definition) is 5. The van der Waals surface area contributed by atoms with E-state index in [-0.39, 0.29) is 17.0 Å². The van der Waals surface area contributed by atoms with Gasteiger partial charge in [-0.25, -0.2) is 4.98 Å². The molecule has 0 radical (unpaired) electrons. The molecule has 29 heavy (non-hydrogen) atoms. The first-order valence-electron chi connectivity index (χ1n) is 8.87. The normalized spacial score (nSPS) is 12.5. The first-order chi connectivity index (χ1) is 14.1. The topological polar surface area (TPSA) is 107 Å². The number of benzene rings is 2. The van der Waals surface area contributed by atoms with Crippen LogP contribution in [-0.4, -0.2) is 20.1 Å². The summed E-state index contributed by atoms with van der Waals surface area (Å²) in [4.78, 5) is 23.1. The fourth-order valence-electron chi connectivity index (χ4n) is 3.50. The SMILES string of the molecule is O=c1[nH]c2c([nH]c3ccc(Cl)cc32)c(-c2ccccc2)c1NC(O)c1cnco1. The highest BCUT2D eigenvalue weighted by Gasteiger charge is 2.21. The summed E-state index contributed by atoms with van der Waals surface area (Å²) in [5, 5.41) is 14.7. The van der Waals surface area contributed by atoms with Crippen LogP contribution >= 0.6 is 11.6 Å². The zero-order valence-electron chi connectivity index (χ0n) is 14.9. The van der Waals surface area contributed by atoms with Crippen LogP contribution in [0.4, 0.5) is 5.69 Å². The van der Waals surface area contributed by atoms with Gasteiger partial charge in [-0.3, -0.25) is 4.79 Å². The molecule has 2 aromatic carbocycles. The maximum atomic E-state index is 13.0. The van der Waals surface area contributed by atoms with Gasteiger partial charge in [0.05, 0.1) is 17.2 Å². The molecule has 0 bridgehead atoms. The van der Waals surface area contributed by atoms with Crippen LogP contribution < -0.4 is 10.9 Å². The molecule has 0 fully saturated rings. The highest BCUT2D eigenvalue weighted by molar-refractivity contribution is 6.31. The Morgan fingerprint density at radius 1 is 1.10 bits per heavy atom. The number of aliphatic hydroxyl groups is 1. The monoisotopic (exact) mass is 406 g/mol. The van der Waals surface area contributed by atoms with Gasteiger partial charge in [0, 0.05) is 21.5 Å². The lowest BCUT2D eigenvalue weighted by atomic mass is 10.0. The largest absolute Gasteiger partial charge is 0.444 e. The van der Waals surface area contributed by atoms with E-state index in [1.54, 1.807) is 12.1 Å². The van der Waals surface area contributed by atoms with E-state index in [0.717, 1.165) is 22.0 Å². The van der Waals surface area contributed by atoms with Gasteiger partial charge in [0.15, 0.2) is 18.4 Å². The Morgan fingerprint density at radius 3 is 2.69 bits per heavy atom. The molecule has 4 N–H and O–H groups in total. The molecule has 7 nitrogen and oxygen atoms in total. The zero-order chi connectivity index (χ0) is 20.0. The maximum Gasteiger partial charge on any atom is 0.272 e. The number of pyridine rings is 1. The Balaban J connectivity index is 1.81. The molecule has 0 saturated heterocycles. The number of H-pyrrole nitrogens is 2. The van der Waals surface area contributed by atoms with Crippen LogP contribution in [0, 0.1) is 0 Å². The molecule has 3 heterocycles. The number of fused-ring (bicyclic) bond motifs is 3. The number of anilines is 1. The molecule has 1 unspecified atom stereocenters. The van der Waals surface area contributed by atoms with Crippen LogP contribution in [0.15, 0.2) is 70.3 Å². The van der Waals surface area contributed by atoms with Crippen LogP contribution in [-0.2, 0) is 0 Å². The van der Waals surface area contributed by atoms with Crippen molar-refractivity contribution in [1.29, 1.82) is 0 Å². The molecular weight excluding hydrogens is 392 g/mol. The molecule has 1 atom stereocenters. The van der Waals surface area contributed by atoms with Gasteiger partial charge in [0.1, 0.15) is 5.69 Å². The second-order valence-electron chi connectivity index (χ2n) is 6.59. The standard InChI is InChI=1S/C21H15ClN4O3/c22-12-6-7-14-13(8-12)17-18(24-14)16(11-4-2-1-3-5-11)19(21(28)25-17)26-20(27)15-9-23-10-29-15/h1-10,20,24,26-27H,(H,25,28). The summed E-state index contributed by atoms with van der Waals surface area (Å²) >= 11 is 6.16. The quantitative estimate of drug-likeness (QED) is 0.330. The average Bonchev–Trinajstić information content (AvgIpc) is 3.37. The summed E-state index contributed by atoms with van der Waals surface area (Å²) in [5.41, 5.74) is 3.49. The Bertz CT molecular complexity index is 1370. The lowest BCUT2D eigenvalue weighted by Gasteiger charge is -2.15. The van der Waals surface area contributed by atoms with Crippen LogP contribution in [0.25, 0.3) is 33.1 Å². The predicted octanol–water partition coefficient (Wildman–Crippen LogP) is 4.42. The van der Waals surface area contributed by atoms with Gasteiger partial charge in [-0.1, -0.05) is 41.9 Å². The molecule has 0 amide bonds. The van der Waals surface area contributed by atoms with Crippen LogP contribution in [0.2, 0.25) is 5.02 Å². The summed E-state index contributed by atoms with van der Waals surface area (Å²) in [6, 6.07) is 14.9. The Labute approximate surface area is 169 Å². The van der Waals surface area contributed by atoms with Crippen molar-refractivity contribution in [3.63, 3.8) is 0 Å². The Hall–Kier alpha value is -3.55. The molecule has 3 aromatic heterocycles. The van der Waals surface area contributed by atoms with E-state index < -0.39 is 6.23 Å². The summed E-state index contributed by atoms with van der Waals surface area (Å²) in [6.45, 7) is 0. The number of rotatable bonds is 4. The minimum atomic E-state index is -1.24. The summed E-state index contributed by atoms with van der Waals surface area (Å²) in [5.74, 6) is 0.201. The van der Waals surface area contributed by atoms with Gasteiger partial charge >= 0.3 is 0 Å². The van der Waals surface area contributed by atoms with E-state index in [1.165, 1.54) is 12.6 Å². The molecule has 144 valence electrons. The molecular formula is C21H15ClN4O3. The van der Waals surface area contributed by atoms with Crippen molar-refractivity contribution in [2.45, 2.75) is 6.23 Å². The fraction of sp³-hybridized carbons (Fsp3) is 0.0476. The van der Waals surface area contributed by atoms with Crippen LogP contribution in [0.3, 0.4) is 0 Å². The third-order valence-corrected chi connectivity index (χ3v) is 5.03. The van der Waals surface area contributed by atoms with E-state index in [9.17, 15) is 9.90 Å². The van der Waals surface area contributed by atoms with Gasteiger partial charge < -0.3 is 24.8 Å². The fourth-order valence-corrected chi connectivity index (χ4v) is 3.67. The Kier molecular flexibility index (Phi) is 4.12. The number of aromatic amines is 2. The highest BCUT2D eigenvalue weighted by Crippen LogP contribution is 2.36. The van der Waals surface area contributed by atoms with Crippen LogP contribution in [0.1, 0.15) is 12.0 Å². The third kappa shape index (κ3) is 2.97. The number of oxazole rings is 1. The molecule has 0 spiro atoms. The van der Waals surface area contributed by atoms with Crippen molar-refractivity contribution < 1.29 is 9.52 Å². The number of aliphatic hydroxyl groups excluding tert-OH is 1. The first-order valence-corrected chi connectivity index (χ1v) is 9.25. The first kappa shape index (κ1) is 17.5. The second kappa shape index (κ2) is 6.80. The van der Waals surface area contributed by atoms with E-state index >= 15 is 0 Å². The third-order valence-electron chi connectivity index (χ3n) is 4.79. The highest BCUT2D eigenvalue weighted by atomic mass is 35.5. The van der Waals surface area contributed by atoms with Gasteiger partial charge in [0.25, 0.3) is 5.56 Å². The minimum absolute atomic E-state index is 0.201. The van der Waals surface area contributed by atoms with Gasteiger partial charge in [-0.05, 0) is 23.8 Å². The average molecular weight is 407 g/mol. The predicted molar refractivity (Wildman–Crippen MR) is 112 cm³/mol. The molecule has 5 rings (SSSR count). The smallest absolute Gasteiger partial charge is 0.272 e. The molecule has 0 saturated carbocycles. The van der Waals surface area contributed by atoms with Crippen LogP contribution in [0.5, 0.6) is 0 Å². The number of aromatic nitrogens is 3. The molecule has 5 aromatic rings. The maximum absolute atomic E-state index is 13.0. The molecule has 8 heteroatoms. The summed E-state index contributed by atoms with van der Waals surface area (Å²) in [6.07, 6.45) is 1.36. The van der Waals surface area contributed by atoms with Gasteiger partial charge in [-0.15, -0.1) is 0 Å². The molecule has 0 aliphatic carbocycles. The summed E-state index contributed by atoms with van der Waals surface area (Å²) in [7, 11) is 0.